The number of amides is 1. The van der Waals surface area contributed by atoms with Crippen LogP contribution in [0.1, 0.15) is 15.9 Å². The Kier molecular flexibility index (Phi) is 6.60. The largest absolute Gasteiger partial charge is 0.493 e. The minimum absolute atomic E-state index is 0.199. The van der Waals surface area contributed by atoms with Crippen LogP contribution in [0.25, 0.3) is 0 Å². The van der Waals surface area contributed by atoms with Crippen molar-refractivity contribution in [2.45, 2.75) is 6.54 Å². The molecule has 2 aromatic rings. The van der Waals surface area contributed by atoms with E-state index in [1.54, 1.807) is 31.4 Å². The fourth-order valence-electron chi connectivity index (χ4n) is 2.39. The summed E-state index contributed by atoms with van der Waals surface area (Å²) in [5, 5.41) is 2.92. The van der Waals surface area contributed by atoms with Crippen LogP contribution in [0, 0.1) is 0 Å². The van der Waals surface area contributed by atoms with Crippen LogP contribution in [0.15, 0.2) is 55.1 Å². The predicted octanol–water partition coefficient (Wildman–Crippen LogP) is 3.57. The molecule has 2 rings (SSSR count). The lowest BCUT2D eigenvalue weighted by atomic mass is 10.1. The number of rotatable bonds is 8. The fraction of sp³-hybridized carbons (Fsp3) is 0.250. The molecule has 1 N–H and O–H groups in total. The molecule has 0 atom stereocenters. The number of hydrogen-bond acceptors (Lipinski definition) is 4. The van der Waals surface area contributed by atoms with E-state index >= 15 is 0 Å². The first kappa shape index (κ1) is 18.5. The van der Waals surface area contributed by atoms with Crippen molar-refractivity contribution >= 4 is 11.6 Å². The molecule has 0 aliphatic heterocycles. The monoisotopic (exact) mass is 340 g/mol. The Hall–Kier alpha value is -2.79. The van der Waals surface area contributed by atoms with Gasteiger partial charge in [-0.1, -0.05) is 24.8 Å². The molecule has 2 aromatic carbocycles. The molecule has 0 fully saturated rings. The van der Waals surface area contributed by atoms with Crippen molar-refractivity contribution in [1.82, 2.24) is 4.90 Å². The van der Waals surface area contributed by atoms with Gasteiger partial charge in [-0.3, -0.25) is 4.79 Å². The zero-order valence-corrected chi connectivity index (χ0v) is 14.9. The molecule has 5 nitrogen and oxygen atoms in total. The predicted molar refractivity (Wildman–Crippen MR) is 100 cm³/mol. The minimum Gasteiger partial charge on any atom is -0.493 e. The maximum absolute atomic E-state index is 12.5. The molecule has 0 saturated heterocycles. The topological polar surface area (TPSA) is 50.8 Å². The number of benzene rings is 2. The number of anilines is 1. The lowest BCUT2D eigenvalue weighted by Gasteiger charge is -2.13. The molecule has 0 spiro atoms. The van der Waals surface area contributed by atoms with Gasteiger partial charge in [0.1, 0.15) is 6.61 Å². The van der Waals surface area contributed by atoms with Gasteiger partial charge in [-0.25, -0.2) is 0 Å². The van der Waals surface area contributed by atoms with Crippen LogP contribution in [-0.2, 0) is 6.54 Å². The van der Waals surface area contributed by atoms with E-state index in [1.807, 2.05) is 38.4 Å². The SMILES string of the molecule is C=CCOc1ccc(C(=O)Nc2cccc(CN(C)C)c2)cc1OC. The van der Waals surface area contributed by atoms with E-state index in [1.165, 1.54) is 0 Å². The summed E-state index contributed by atoms with van der Waals surface area (Å²) in [6.45, 7) is 4.80. The summed E-state index contributed by atoms with van der Waals surface area (Å²) in [5.41, 5.74) is 2.39. The van der Waals surface area contributed by atoms with Gasteiger partial charge in [-0.05, 0) is 50.0 Å². The van der Waals surface area contributed by atoms with E-state index in [0.717, 1.165) is 17.8 Å². The molecule has 0 aliphatic carbocycles. The molecule has 0 unspecified atom stereocenters. The molecule has 0 aliphatic rings. The summed E-state index contributed by atoms with van der Waals surface area (Å²) in [4.78, 5) is 14.6. The third kappa shape index (κ3) is 5.36. The highest BCUT2D eigenvalue weighted by atomic mass is 16.5. The van der Waals surface area contributed by atoms with Gasteiger partial charge < -0.3 is 19.7 Å². The van der Waals surface area contributed by atoms with Gasteiger partial charge >= 0.3 is 0 Å². The van der Waals surface area contributed by atoms with Crippen molar-refractivity contribution in [3.05, 3.63) is 66.2 Å². The van der Waals surface area contributed by atoms with Crippen molar-refractivity contribution < 1.29 is 14.3 Å². The Balaban J connectivity index is 2.14. The number of carbonyl (C=O) groups is 1. The fourth-order valence-corrected chi connectivity index (χ4v) is 2.39. The Morgan fingerprint density at radius 2 is 2.00 bits per heavy atom. The van der Waals surface area contributed by atoms with Crippen LogP contribution in [0.5, 0.6) is 11.5 Å². The average molecular weight is 340 g/mol. The summed E-state index contributed by atoms with van der Waals surface area (Å²) in [7, 11) is 5.56. The molecule has 0 aromatic heterocycles. The van der Waals surface area contributed by atoms with Crippen LogP contribution in [0.3, 0.4) is 0 Å². The van der Waals surface area contributed by atoms with Crippen LogP contribution in [0.4, 0.5) is 5.69 Å². The highest BCUT2D eigenvalue weighted by molar-refractivity contribution is 6.04. The Labute approximate surface area is 148 Å². The zero-order chi connectivity index (χ0) is 18.2. The van der Waals surface area contributed by atoms with Crippen LogP contribution in [-0.4, -0.2) is 38.6 Å². The van der Waals surface area contributed by atoms with E-state index in [-0.39, 0.29) is 5.91 Å². The van der Waals surface area contributed by atoms with Crippen molar-refractivity contribution in [2.24, 2.45) is 0 Å². The molecule has 0 bridgehead atoms. The average Bonchev–Trinajstić information content (AvgIpc) is 2.59. The van der Waals surface area contributed by atoms with Crippen molar-refractivity contribution in [3.63, 3.8) is 0 Å². The number of nitrogens with one attached hydrogen (secondary N) is 1. The first-order valence-corrected chi connectivity index (χ1v) is 8.00. The molecule has 0 saturated carbocycles. The summed E-state index contributed by atoms with van der Waals surface area (Å²) in [6, 6.07) is 12.9. The van der Waals surface area contributed by atoms with Gasteiger partial charge in [0.2, 0.25) is 0 Å². The Bertz CT molecular complexity index is 741. The highest BCUT2D eigenvalue weighted by Gasteiger charge is 2.11. The Morgan fingerprint density at radius 3 is 2.68 bits per heavy atom. The molecule has 0 heterocycles. The van der Waals surface area contributed by atoms with Crippen molar-refractivity contribution in [1.29, 1.82) is 0 Å². The molecule has 0 radical (unpaired) electrons. The van der Waals surface area contributed by atoms with E-state index in [4.69, 9.17) is 9.47 Å². The molecule has 5 heteroatoms. The second-order valence-corrected chi connectivity index (χ2v) is 5.86. The number of carbonyl (C=O) groups excluding carboxylic acids is 1. The zero-order valence-electron chi connectivity index (χ0n) is 14.9. The van der Waals surface area contributed by atoms with Crippen LogP contribution in [0.2, 0.25) is 0 Å². The second kappa shape index (κ2) is 8.89. The number of nitrogens with zero attached hydrogens (tertiary/aromatic N) is 1. The summed E-state index contributed by atoms with van der Waals surface area (Å²) in [5.74, 6) is 0.887. The smallest absolute Gasteiger partial charge is 0.255 e. The number of hydrogen-bond donors (Lipinski definition) is 1. The van der Waals surface area contributed by atoms with Gasteiger partial charge in [-0.15, -0.1) is 0 Å². The van der Waals surface area contributed by atoms with E-state index in [0.29, 0.717) is 23.7 Å². The summed E-state index contributed by atoms with van der Waals surface area (Å²) in [6.07, 6.45) is 1.65. The molecular weight excluding hydrogens is 316 g/mol. The Morgan fingerprint density at radius 1 is 1.20 bits per heavy atom. The van der Waals surface area contributed by atoms with Crippen molar-refractivity contribution in [3.8, 4) is 11.5 Å². The van der Waals surface area contributed by atoms with Gasteiger partial charge in [0.15, 0.2) is 11.5 Å². The first-order chi connectivity index (χ1) is 12.0. The maximum atomic E-state index is 12.5. The normalized spacial score (nSPS) is 10.4. The molecular formula is C20H24N2O3. The summed E-state index contributed by atoms with van der Waals surface area (Å²) < 4.78 is 10.8. The minimum atomic E-state index is -0.199. The third-order valence-electron chi connectivity index (χ3n) is 3.47. The standard InChI is InChI=1S/C20H24N2O3/c1-5-11-25-18-10-9-16(13-19(18)24-4)20(23)21-17-8-6-7-15(12-17)14-22(2)3/h5-10,12-13H,1,11,14H2,2-4H3,(H,21,23). The van der Waals surface area contributed by atoms with E-state index < -0.39 is 0 Å². The van der Waals surface area contributed by atoms with Gasteiger partial charge in [0.05, 0.1) is 7.11 Å². The molecule has 1 amide bonds. The lowest BCUT2D eigenvalue weighted by molar-refractivity contribution is 0.102. The maximum Gasteiger partial charge on any atom is 0.255 e. The van der Waals surface area contributed by atoms with Gasteiger partial charge in [0, 0.05) is 17.8 Å². The van der Waals surface area contributed by atoms with Crippen LogP contribution >= 0.6 is 0 Å². The van der Waals surface area contributed by atoms with E-state index in [2.05, 4.69) is 16.8 Å². The quantitative estimate of drug-likeness (QED) is 0.747. The highest BCUT2D eigenvalue weighted by Crippen LogP contribution is 2.28. The lowest BCUT2D eigenvalue weighted by Crippen LogP contribution is -2.14. The van der Waals surface area contributed by atoms with Crippen LogP contribution < -0.4 is 14.8 Å². The molecule has 132 valence electrons. The molecule has 25 heavy (non-hydrogen) atoms. The number of methoxy groups -OCH3 is 1. The second-order valence-electron chi connectivity index (χ2n) is 5.86. The number of ether oxygens (including phenoxy) is 2. The third-order valence-corrected chi connectivity index (χ3v) is 3.47. The van der Waals surface area contributed by atoms with Gasteiger partial charge in [-0.2, -0.15) is 0 Å². The van der Waals surface area contributed by atoms with Crippen molar-refractivity contribution in [2.75, 3.05) is 33.1 Å². The summed E-state index contributed by atoms with van der Waals surface area (Å²) >= 11 is 0. The first-order valence-electron chi connectivity index (χ1n) is 8.00. The van der Waals surface area contributed by atoms with Gasteiger partial charge in [0.25, 0.3) is 5.91 Å². The van der Waals surface area contributed by atoms with E-state index in [9.17, 15) is 4.79 Å².